The molecule has 0 unspecified atom stereocenters. The minimum absolute atomic E-state index is 0.109. The lowest BCUT2D eigenvalue weighted by atomic mass is 10.2. The van der Waals surface area contributed by atoms with Gasteiger partial charge < -0.3 is 11.1 Å². The number of para-hydroxylation sites is 2. The summed E-state index contributed by atoms with van der Waals surface area (Å²) in [5.74, 6) is 0.963. The molecule has 0 saturated heterocycles. The SMILES string of the molecule is C=CCn1c(S[C@@H](C)c2nc(N)nc(Nc3ccccc3)n2)nc2ccccc2c1=O. The van der Waals surface area contributed by atoms with E-state index in [1.54, 1.807) is 16.7 Å². The largest absolute Gasteiger partial charge is 0.368 e. The number of rotatable bonds is 7. The normalized spacial score (nSPS) is 11.9. The zero-order chi connectivity index (χ0) is 21.8. The van der Waals surface area contributed by atoms with Crippen LogP contribution in [0.4, 0.5) is 17.6 Å². The Balaban J connectivity index is 1.67. The average molecular weight is 432 g/mol. The van der Waals surface area contributed by atoms with Crippen LogP contribution in [-0.4, -0.2) is 24.5 Å². The van der Waals surface area contributed by atoms with Gasteiger partial charge in [-0.25, -0.2) is 4.98 Å². The van der Waals surface area contributed by atoms with E-state index in [-0.39, 0.29) is 16.8 Å². The molecule has 31 heavy (non-hydrogen) atoms. The quantitative estimate of drug-likeness (QED) is 0.257. The third-order valence-corrected chi connectivity index (χ3v) is 5.57. The summed E-state index contributed by atoms with van der Waals surface area (Å²) < 4.78 is 1.60. The van der Waals surface area contributed by atoms with Crippen LogP contribution in [0.1, 0.15) is 18.0 Å². The Kier molecular flexibility index (Phi) is 5.94. The van der Waals surface area contributed by atoms with Crippen LogP contribution in [0.15, 0.2) is 77.2 Å². The number of benzene rings is 2. The lowest BCUT2D eigenvalue weighted by Gasteiger charge is -2.15. The van der Waals surface area contributed by atoms with Crippen molar-refractivity contribution < 1.29 is 0 Å². The molecule has 8 nitrogen and oxygen atoms in total. The molecule has 0 radical (unpaired) electrons. The summed E-state index contributed by atoms with van der Waals surface area (Å²) >= 11 is 1.38. The van der Waals surface area contributed by atoms with Crippen molar-refractivity contribution in [2.75, 3.05) is 11.1 Å². The number of nitrogens with two attached hydrogens (primary N) is 1. The number of nitrogens with zero attached hydrogens (tertiary/aromatic N) is 5. The second-order valence-electron chi connectivity index (χ2n) is 6.74. The van der Waals surface area contributed by atoms with E-state index in [0.717, 1.165) is 5.69 Å². The minimum Gasteiger partial charge on any atom is -0.368 e. The van der Waals surface area contributed by atoms with Crippen molar-refractivity contribution in [1.29, 1.82) is 0 Å². The molecule has 0 saturated carbocycles. The molecule has 0 bridgehead atoms. The van der Waals surface area contributed by atoms with Crippen LogP contribution < -0.4 is 16.6 Å². The first kappa shape index (κ1) is 20.5. The molecular weight excluding hydrogens is 410 g/mol. The van der Waals surface area contributed by atoms with Gasteiger partial charge in [0.1, 0.15) is 5.82 Å². The molecule has 2 aromatic heterocycles. The molecule has 0 aliphatic rings. The molecular formula is C22H21N7OS. The predicted molar refractivity (Wildman–Crippen MR) is 124 cm³/mol. The molecule has 0 spiro atoms. The summed E-state index contributed by atoms with van der Waals surface area (Å²) in [4.78, 5) is 30.6. The van der Waals surface area contributed by atoms with E-state index < -0.39 is 0 Å². The van der Waals surface area contributed by atoms with Crippen molar-refractivity contribution in [3.05, 3.63) is 83.4 Å². The van der Waals surface area contributed by atoms with Crippen molar-refractivity contribution in [2.45, 2.75) is 23.9 Å². The number of thioether (sulfide) groups is 1. The number of nitrogen functional groups attached to an aromatic ring is 1. The summed E-state index contributed by atoms with van der Waals surface area (Å²) in [5.41, 5.74) is 7.30. The van der Waals surface area contributed by atoms with E-state index in [1.807, 2.05) is 55.5 Å². The Hall–Kier alpha value is -3.72. The van der Waals surface area contributed by atoms with E-state index >= 15 is 0 Å². The number of hydrogen-bond acceptors (Lipinski definition) is 8. The van der Waals surface area contributed by atoms with Gasteiger partial charge in [0.25, 0.3) is 5.56 Å². The standard InChI is InChI=1S/C22H21N7OS/c1-3-13-29-19(30)16-11-7-8-12-17(16)25-22(29)31-14(2)18-26-20(23)28-21(27-18)24-15-9-5-4-6-10-15/h3-12,14H,1,13H2,2H3,(H3,23,24,26,27,28)/t14-/m0/s1. The van der Waals surface area contributed by atoms with E-state index in [4.69, 9.17) is 10.7 Å². The van der Waals surface area contributed by atoms with Crippen LogP contribution in [0.5, 0.6) is 0 Å². The topological polar surface area (TPSA) is 112 Å². The fourth-order valence-corrected chi connectivity index (χ4v) is 4.00. The van der Waals surface area contributed by atoms with Gasteiger partial charge in [-0.15, -0.1) is 6.58 Å². The Bertz CT molecular complexity index is 1290. The predicted octanol–water partition coefficient (Wildman–Crippen LogP) is 3.95. The molecule has 0 fully saturated rings. The van der Waals surface area contributed by atoms with Crippen molar-refractivity contribution in [2.24, 2.45) is 0 Å². The smallest absolute Gasteiger partial charge is 0.262 e. The van der Waals surface area contributed by atoms with Crippen LogP contribution >= 0.6 is 11.8 Å². The second-order valence-corrected chi connectivity index (χ2v) is 8.05. The van der Waals surface area contributed by atoms with Crippen LogP contribution in [0.25, 0.3) is 10.9 Å². The van der Waals surface area contributed by atoms with Crippen molar-refractivity contribution >= 4 is 40.2 Å². The lowest BCUT2D eigenvalue weighted by Crippen LogP contribution is -2.23. The Morgan fingerprint density at radius 1 is 1.10 bits per heavy atom. The van der Waals surface area contributed by atoms with E-state index in [2.05, 4.69) is 26.8 Å². The number of fused-ring (bicyclic) bond motifs is 1. The fraction of sp³-hybridized carbons (Fsp3) is 0.136. The van der Waals surface area contributed by atoms with Crippen LogP contribution in [0, 0.1) is 0 Å². The molecule has 3 N–H and O–H groups in total. The minimum atomic E-state index is -0.231. The number of aromatic nitrogens is 5. The molecule has 0 aliphatic heterocycles. The summed E-state index contributed by atoms with van der Waals surface area (Å²) in [6.07, 6.45) is 1.68. The third kappa shape index (κ3) is 4.56. The highest BCUT2D eigenvalue weighted by Gasteiger charge is 2.18. The molecule has 4 aromatic rings. The number of hydrogen-bond donors (Lipinski definition) is 2. The summed E-state index contributed by atoms with van der Waals surface area (Å²) in [6, 6.07) is 16.9. The Labute approximate surface area is 183 Å². The molecule has 4 rings (SSSR count). The lowest BCUT2D eigenvalue weighted by molar-refractivity contribution is 0.669. The van der Waals surface area contributed by atoms with Crippen LogP contribution in [0.2, 0.25) is 0 Å². The molecule has 2 heterocycles. The monoisotopic (exact) mass is 431 g/mol. The van der Waals surface area contributed by atoms with Crippen LogP contribution in [0.3, 0.4) is 0 Å². The zero-order valence-corrected chi connectivity index (χ0v) is 17.7. The summed E-state index contributed by atoms with van der Waals surface area (Å²) in [7, 11) is 0. The summed E-state index contributed by atoms with van der Waals surface area (Å²) in [6.45, 7) is 6.05. The van der Waals surface area contributed by atoms with Gasteiger partial charge in [-0.2, -0.15) is 15.0 Å². The van der Waals surface area contributed by atoms with Gasteiger partial charge >= 0.3 is 0 Å². The highest BCUT2D eigenvalue weighted by atomic mass is 32.2. The van der Waals surface area contributed by atoms with Crippen molar-refractivity contribution in [3.63, 3.8) is 0 Å². The number of nitrogens with one attached hydrogen (secondary N) is 1. The van der Waals surface area contributed by atoms with Gasteiger partial charge in [0.05, 0.1) is 16.2 Å². The van der Waals surface area contributed by atoms with Crippen molar-refractivity contribution in [1.82, 2.24) is 24.5 Å². The maximum absolute atomic E-state index is 13.0. The Morgan fingerprint density at radius 3 is 2.61 bits per heavy atom. The number of allylic oxidation sites excluding steroid dienone is 1. The van der Waals surface area contributed by atoms with Crippen LogP contribution in [-0.2, 0) is 6.54 Å². The van der Waals surface area contributed by atoms with Gasteiger partial charge in [-0.05, 0) is 31.2 Å². The first-order valence-electron chi connectivity index (χ1n) is 9.66. The van der Waals surface area contributed by atoms with Gasteiger partial charge in [0, 0.05) is 12.2 Å². The first-order chi connectivity index (χ1) is 15.0. The van der Waals surface area contributed by atoms with E-state index in [9.17, 15) is 4.79 Å². The zero-order valence-electron chi connectivity index (χ0n) is 16.9. The van der Waals surface area contributed by atoms with Crippen molar-refractivity contribution in [3.8, 4) is 0 Å². The second kappa shape index (κ2) is 8.97. The fourth-order valence-electron chi connectivity index (χ4n) is 3.04. The van der Waals surface area contributed by atoms with E-state index in [0.29, 0.717) is 34.4 Å². The maximum Gasteiger partial charge on any atom is 0.262 e. The highest BCUT2D eigenvalue weighted by Crippen LogP contribution is 2.32. The van der Waals surface area contributed by atoms with Gasteiger partial charge in [-0.3, -0.25) is 9.36 Å². The third-order valence-electron chi connectivity index (χ3n) is 4.48. The highest BCUT2D eigenvalue weighted by molar-refractivity contribution is 7.99. The molecule has 1 atom stereocenters. The maximum atomic E-state index is 13.0. The van der Waals surface area contributed by atoms with Gasteiger partial charge in [0.2, 0.25) is 11.9 Å². The molecule has 0 aliphatic carbocycles. The number of anilines is 3. The average Bonchev–Trinajstić information content (AvgIpc) is 2.77. The van der Waals surface area contributed by atoms with Gasteiger partial charge in [0.15, 0.2) is 5.16 Å². The molecule has 9 heteroatoms. The summed E-state index contributed by atoms with van der Waals surface area (Å²) in [5, 5.41) is 4.03. The first-order valence-corrected chi connectivity index (χ1v) is 10.5. The Morgan fingerprint density at radius 2 is 1.84 bits per heavy atom. The molecule has 0 amide bonds. The molecule has 156 valence electrons. The van der Waals surface area contributed by atoms with E-state index in [1.165, 1.54) is 11.8 Å². The van der Waals surface area contributed by atoms with Gasteiger partial charge in [-0.1, -0.05) is 48.2 Å². The molecule has 2 aromatic carbocycles.